The second-order valence-electron chi connectivity index (χ2n) is 9.10. The monoisotopic (exact) mass is 478 g/mol. The van der Waals surface area contributed by atoms with Gasteiger partial charge in [-0.1, -0.05) is 151 Å². The zero-order valence-electron chi connectivity index (χ0n) is 22.2. The third-order valence-electron chi connectivity index (χ3n) is 6.98. The van der Waals surface area contributed by atoms with Crippen molar-refractivity contribution in [1.29, 1.82) is 0 Å². The fourth-order valence-corrected chi connectivity index (χ4v) is 5.27. The van der Waals surface area contributed by atoms with Crippen molar-refractivity contribution in [3.63, 3.8) is 0 Å². The highest BCUT2D eigenvalue weighted by Crippen LogP contribution is 2.42. The Morgan fingerprint density at radius 2 is 0.944 bits per heavy atom. The van der Waals surface area contributed by atoms with E-state index >= 15 is 0 Å². The minimum atomic E-state index is 0. The average molecular weight is 479 g/mol. The zero-order chi connectivity index (χ0) is 25.0. The van der Waals surface area contributed by atoms with Gasteiger partial charge in [-0.05, 0) is 70.0 Å². The number of hydrogen-bond donors (Lipinski definition) is 0. The van der Waals surface area contributed by atoms with E-state index < -0.39 is 0 Å². The van der Waals surface area contributed by atoms with Gasteiger partial charge in [0.25, 0.3) is 0 Å². The Morgan fingerprint density at radius 3 is 1.28 bits per heavy atom. The molecule has 0 amide bonds. The number of rotatable bonds is 0. The molecule has 0 saturated heterocycles. The van der Waals surface area contributed by atoms with Gasteiger partial charge in [-0.2, -0.15) is 0 Å². The molecule has 1 fully saturated rings. The fraction of sp³-hybridized carbons (Fsp3) is 0.333. The Morgan fingerprint density at radius 1 is 0.528 bits per heavy atom. The highest BCUT2D eigenvalue weighted by molar-refractivity contribution is 5.82. The van der Waals surface area contributed by atoms with Crippen LogP contribution >= 0.6 is 0 Å². The molecule has 4 aromatic rings. The minimum absolute atomic E-state index is 0. The van der Waals surface area contributed by atoms with Crippen LogP contribution in [0.25, 0.3) is 21.9 Å². The summed E-state index contributed by atoms with van der Waals surface area (Å²) in [6.45, 7) is 10.4. The first-order chi connectivity index (χ1) is 17.3. The van der Waals surface area contributed by atoms with Crippen LogP contribution in [0, 0.1) is 17.8 Å². The van der Waals surface area contributed by atoms with Crippen molar-refractivity contribution in [3.05, 3.63) is 120 Å². The largest absolute Gasteiger partial charge is 0.0851 e. The lowest BCUT2D eigenvalue weighted by Gasteiger charge is -2.09. The van der Waals surface area contributed by atoms with E-state index in [2.05, 4.69) is 116 Å². The van der Waals surface area contributed by atoms with Crippen molar-refractivity contribution >= 4 is 10.8 Å². The summed E-state index contributed by atoms with van der Waals surface area (Å²) >= 11 is 0. The van der Waals surface area contributed by atoms with E-state index in [-0.39, 0.29) is 7.43 Å². The molecule has 7 rings (SSSR count). The summed E-state index contributed by atoms with van der Waals surface area (Å²) < 4.78 is 0. The summed E-state index contributed by atoms with van der Waals surface area (Å²) in [6.07, 6.45) is 8.82. The maximum atomic E-state index is 2.40. The predicted molar refractivity (Wildman–Crippen MR) is 163 cm³/mol. The van der Waals surface area contributed by atoms with E-state index in [0.29, 0.717) is 0 Å². The molecule has 3 atom stereocenters. The lowest BCUT2D eigenvalue weighted by Crippen LogP contribution is -1.99. The molecular formula is C36H46. The molecule has 3 aliphatic rings. The first-order valence-corrected chi connectivity index (χ1v) is 13.6. The molecule has 0 nitrogen and oxygen atoms in total. The van der Waals surface area contributed by atoms with Crippen LogP contribution in [-0.2, 0) is 6.42 Å². The molecule has 0 heteroatoms. The smallest absolute Gasteiger partial charge is 0.00135 e. The lowest BCUT2D eigenvalue weighted by atomic mass is 9.96. The third-order valence-corrected chi connectivity index (χ3v) is 6.98. The van der Waals surface area contributed by atoms with Gasteiger partial charge in [0.15, 0.2) is 0 Å². The average Bonchev–Trinajstić information content (AvgIpc) is 3.66. The van der Waals surface area contributed by atoms with Gasteiger partial charge in [0.1, 0.15) is 0 Å². The van der Waals surface area contributed by atoms with Crippen LogP contribution in [0.1, 0.15) is 66.0 Å². The minimum Gasteiger partial charge on any atom is -0.0851 e. The van der Waals surface area contributed by atoms with E-state index in [1.165, 1.54) is 45.9 Å². The van der Waals surface area contributed by atoms with Crippen LogP contribution in [0.3, 0.4) is 0 Å². The summed E-state index contributed by atoms with van der Waals surface area (Å²) in [5.41, 5.74) is 5.75. The van der Waals surface area contributed by atoms with E-state index in [0.717, 1.165) is 24.2 Å². The zero-order valence-corrected chi connectivity index (χ0v) is 22.2. The molecule has 0 aliphatic heterocycles. The fourth-order valence-electron chi connectivity index (χ4n) is 5.27. The normalized spacial score (nSPS) is 18.9. The molecule has 0 heterocycles. The first-order valence-electron chi connectivity index (χ1n) is 13.6. The molecule has 0 aromatic heterocycles. The Hall–Kier alpha value is -3.12. The second kappa shape index (κ2) is 15.1. The van der Waals surface area contributed by atoms with Crippen LogP contribution in [0.15, 0.2) is 109 Å². The highest BCUT2D eigenvalue weighted by Gasteiger charge is 2.32. The van der Waals surface area contributed by atoms with Gasteiger partial charge in [0, 0.05) is 0 Å². The van der Waals surface area contributed by atoms with Crippen molar-refractivity contribution < 1.29 is 0 Å². The molecule has 4 aromatic carbocycles. The molecular weight excluding hydrogens is 432 g/mol. The van der Waals surface area contributed by atoms with E-state index in [9.17, 15) is 0 Å². The Bertz CT molecular complexity index is 1090. The van der Waals surface area contributed by atoms with Gasteiger partial charge < -0.3 is 0 Å². The van der Waals surface area contributed by atoms with Crippen molar-refractivity contribution in [2.75, 3.05) is 0 Å². The van der Waals surface area contributed by atoms with Crippen LogP contribution < -0.4 is 0 Å². The number of benzene rings is 4. The lowest BCUT2D eigenvalue weighted by molar-refractivity contribution is 0.493. The quantitative estimate of drug-likeness (QED) is 0.194. The summed E-state index contributed by atoms with van der Waals surface area (Å²) in [5, 5.41) is 2.62. The van der Waals surface area contributed by atoms with Crippen LogP contribution in [0.4, 0.5) is 0 Å². The number of fused-ring (bicyclic) bond motifs is 6. The second-order valence-corrected chi connectivity index (χ2v) is 9.10. The standard InChI is InChI=1S/C13H10.C10H8.C8H12.2C2H6.CH4/c1-3-7-12-10(5-1)9-11-6-2-4-8-13(11)12;1-2-6-10-8-4-3-7-9(10)5-1;1-6-4-7-2-3-8(6)5-7;2*1-2;/h1-8H,9H2;1-8H;2-3,6-8H,4-5H2,1H3;2*1-2H3;1H4. The molecule has 190 valence electrons. The molecule has 0 N–H and O–H groups in total. The first kappa shape index (κ1) is 29.1. The Balaban J connectivity index is 0.000000180. The predicted octanol–water partition coefficient (Wildman–Crippen LogP) is 11.0. The SMILES string of the molecule is C.CC.CC.CC1CC2C=CC1C2.c1ccc2c(c1)Cc1ccccc1-2.c1ccc2ccccc2c1. The molecule has 36 heavy (non-hydrogen) atoms. The number of allylic oxidation sites excluding steroid dienone is 2. The highest BCUT2D eigenvalue weighted by atomic mass is 14.4. The van der Waals surface area contributed by atoms with Crippen molar-refractivity contribution in [2.24, 2.45) is 17.8 Å². The molecule has 3 aliphatic carbocycles. The van der Waals surface area contributed by atoms with Crippen LogP contribution in [0.5, 0.6) is 0 Å². The maximum absolute atomic E-state index is 2.40. The van der Waals surface area contributed by atoms with Crippen molar-refractivity contribution in [1.82, 2.24) is 0 Å². The van der Waals surface area contributed by atoms with Crippen molar-refractivity contribution in [3.8, 4) is 11.1 Å². The van der Waals surface area contributed by atoms with Gasteiger partial charge >= 0.3 is 0 Å². The van der Waals surface area contributed by atoms with Crippen LogP contribution in [-0.4, -0.2) is 0 Å². The van der Waals surface area contributed by atoms with E-state index in [4.69, 9.17) is 0 Å². The molecule has 1 saturated carbocycles. The summed E-state index contributed by atoms with van der Waals surface area (Å²) in [5.74, 6) is 2.92. The molecule has 3 unspecified atom stereocenters. The summed E-state index contributed by atoms with van der Waals surface area (Å²) in [7, 11) is 0. The van der Waals surface area contributed by atoms with Gasteiger partial charge in [-0.15, -0.1) is 0 Å². The summed E-state index contributed by atoms with van der Waals surface area (Å²) in [4.78, 5) is 0. The van der Waals surface area contributed by atoms with E-state index in [1.54, 1.807) is 0 Å². The van der Waals surface area contributed by atoms with Gasteiger partial charge in [0.05, 0.1) is 0 Å². The number of hydrogen-bond acceptors (Lipinski definition) is 0. The van der Waals surface area contributed by atoms with Gasteiger partial charge in [0.2, 0.25) is 0 Å². The topological polar surface area (TPSA) is 0 Å². The molecule has 0 spiro atoms. The molecule has 2 bridgehead atoms. The van der Waals surface area contributed by atoms with Crippen LogP contribution in [0.2, 0.25) is 0 Å². The van der Waals surface area contributed by atoms with Crippen molar-refractivity contribution in [2.45, 2.75) is 61.3 Å². The maximum Gasteiger partial charge on any atom is -0.00135 e. The Labute approximate surface area is 221 Å². The van der Waals surface area contributed by atoms with Gasteiger partial charge in [-0.25, -0.2) is 0 Å². The van der Waals surface area contributed by atoms with Gasteiger partial charge in [-0.3, -0.25) is 0 Å². The summed E-state index contributed by atoms with van der Waals surface area (Å²) in [6, 6.07) is 34.0. The van der Waals surface area contributed by atoms with E-state index in [1.807, 2.05) is 27.7 Å². The molecule has 0 radical (unpaired) electrons. The third kappa shape index (κ3) is 7.20. The Kier molecular flexibility index (Phi) is 12.2.